The van der Waals surface area contributed by atoms with Gasteiger partial charge in [0.1, 0.15) is 0 Å². The van der Waals surface area contributed by atoms with Gasteiger partial charge in [0.05, 0.1) is 0 Å². The highest BCUT2D eigenvalue weighted by Gasteiger charge is 2.04. The summed E-state index contributed by atoms with van der Waals surface area (Å²) in [7, 11) is 0. The van der Waals surface area contributed by atoms with Gasteiger partial charge in [-0.3, -0.25) is 10.9 Å². The molecule has 0 heterocycles. The van der Waals surface area contributed by atoms with Crippen LogP contribution in [0.4, 0.5) is 0 Å². The molecule has 96 valence electrons. The summed E-state index contributed by atoms with van der Waals surface area (Å²) in [5.41, 5.74) is 6.34. The molecule has 0 unspecified atom stereocenters. The fourth-order valence-corrected chi connectivity index (χ4v) is 0.707. The highest BCUT2D eigenvalue weighted by molar-refractivity contribution is 6.27. The first-order valence-electron chi connectivity index (χ1n) is 5.48. The number of nitrogens with one attached hydrogen (secondary N) is 2. The Morgan fingerprint density at radius 2 is 1.19 bits per heavy atom. The number of aliphatic carboxylic acids is 2. The predicted molar refractivity (Wildman–Crippen MR) is 61.1 cm³/mol. The third-order valence-corrected chi connectivity index (χ3v) is 1.62. The van der Waals surface area contributed by atoms with E-state index in [4.69, 9.17) is 19.8 Å². The van der Waals surface area contributed by atoms with Crippen LogP contribution in [-0.2, 0) is 9.59 Å². The van der Waals surface area contributed by atoms with E-state index >= 15 is 0 Å². The average molecular weight is 234 g/mol. The van der Waals surface area contributed by atoms with Crippen LogP contribution in [0.15, 0.2) is 0 Å². The summed E-state index contributed by atoms with van der Waals surface area (Å²) in [5, 5.41) is 14.8. The maximum atomic E-state index is 9.10. The van der Waals surface area contributed by atoms with Crippen molar-refractivity contribution in [2.24, 2.45) is 0 Å². The lowest BCUT2D eigenvalue weighted by Crippen LogP contribution is -2.33. The molecule has 0 spiro atoms. The minimum absolute atomic E-state index is 1.10. The van der Waals surface area contributed by atoms with E-state index in [0.29, 0.717) is 0 Å². The lowest BCUT2D eigenvalue weighted by molar-refractivity contribution is -0.159. The molecule has 0 aromatic rings. The van der Waals surface area contributed by atoms with E-state index in [0.717, 1.165) is 13.1 Å². The molecule has 0 amide bonds. The first-order valence-corrected chi connectivity index (χ1v) is 5.48. The Bertz CT molecular complexity index is 166. The molecular weight excluding hydrogens is 212 g/mol. The summed E-state index contributed by atoms with van der Waals surface area (Å²) in [6.45, 7) is 6.60. The van der Waals surface area contributed by atoms with Crippen molar-refractivity contribution in [2.45, 2.75) is 39.5 Å². The normalized spacial score (nSPS) is 9.12. The first-order chi connectivity index (χ1) is 7.56. The van der Waals surface area contributed by atoms with E-state index in [2.05, 4.69) is 24.7 Å². The SMILES string of the molecule is CCCCNNCCCC.O=C(O)C(=O)O. The maximum Gasteiger partial charge on any atom is 0.414 e. The van der Waals surface area contributed by atoms with E-state index in [-0.39, 0.29) is 0 Å². The summed E-state index contributed by atoms with van der Waals surface area (Å²) in [6, 6.07) is 0. The second-order valence-corrected chi connectivity index (χ2v) is 3.17. The number of unbranched alkanes of at least 4 members (excludes halogenated alkanes) is 2. The summed E-state index contributed by atoms with van der Waals surface area (Å²) < 4.78 is 0. The van der Waals surface area contributed by atoms with Crippen molar-refractivity contribution in [3.05, 3.63) is 0 Å². The Kier molecular flexibility index (Phi) is 15.0. The molecule has 0 fully saturated rings. The Hall–Kier alpha value is -1.14. The molecule has 6 heteroatoms. The summed E-state index contributed by atoms with van der Waals surface area (Å²) in [5.74, 6) is -3.65. The molecule has 0 aliphatic rings. The van der Waals surface area contributed by atoms with Gasteiger partial charge < -0.3 is 10.2 Å². The van der Waals surface area contributed by atoms with Gasteiger partial charge in [0.25, 0.3) is 0 Å². The number of carboxylic acid groups (broad SMARTS) is 2. The molecule has 0 rings (SSSR count). The van der Waals surface area contributed by atoms with Gasteiger partial charge in [-0.15, -0.1) is 0 Å². The molecule has 0 atom stereocenters. The van der Waals surface area contributed by atoms with Gasteiger partial charge >= 0.3 is 11.9 Å². The zero-order valence-electron chi connectivity index (χ0n) is 9.95. The van der Waals surface area contributed by atoms with Crippen molar-refractivity contribution in [3.63, 3.8) is 0 Å². The van der Waals surface area contributed by atoms with Gasteiger partial charge in [-0.1, -0.05) is 26.7 Å². The van der Waals surface area contributed by atoms with Crippen LogP contribution in [0.3, 0.4) is 0 Å². The van der Waals surface area contributed by atoms with Crippen molar-refractivity contribution < 1.29 is 19.8 Å². The van der Waals surface area contributed by atoms with Crippen molar-refractivity contribution in [1.82, 2.24) is 10.9 Å². The third-order valence-electron chi connectivity index (χ3n) is 1.62. The summed E-state index contributed by atoms with van der Waals surface area (Å²) in [6.07, 6.45) is 5.06. The molecule has 6 nitrogen and oxygen atoms in total. The molecule has 0 aromatic carbocycles. The van der Waals surface area contributed by atoms with Crippen LogP contribution >= 0.6 is 0 Å². The van der Waals surface area contributed by atoms with Crippen LogP contribution in [0.5, 0.6) is 0 Å². The monoisotopic (exact) mass is 234 g/mol. The highest BCUT2D eigenvalue weighted by Crippen LogP contribution is 1.82. The Balaban J connectivity index is 0. The van der Waals surface area contributed by atoms with E-state index in [1.807, 2.05) is 0 Å². The number of carbonyl (C=O) groups is 2. The predicted octanol–water partition coefficient (Wildman–Crippen LogP) is 0.836. The van der Waals surface area contributed by atoms with Crippen molar-refractivity contribution in [1.29, 1.82) is 0 Å². The molecule has 0 aliphatic heterocycles. The Morgan fingerprint density at radius 1 is 0.875 bits per heavy atom. The second kappa shape index (κ2) is 13.9. The van der Waals surface area contributed by atoms with Crippen molar-refractivity contribution in [2.75, 3.05) is 13.1 Å². The lowest BCUT2D eigenvalue weighted by Gasteiger charge is -2.03. The molecule has 0 saturated carbocycles. The fourth-order valence-electron chi connectivity index (χ4n) is 0.707. The minimum Gasteiger partial charge on any atom is -0.473 e. The van der Waals surface area contributed by atoms with Gasteiger partial charge in [-0.2, -0.15) is 0 Å². The largest absolute Gasteiger partial charge is 0.473 e. The topological polar surface area (TPSA) is 98.7 Å². The van der Waals surface area contributed by atoms with E-state index in [9.17, 15) is 0 Å². The van der Waals surface area contributed by atoms with E-state index in [1.165, 1.54) is 25.7 Å². The quantitative estimate of drug-likeness (QED) is 0.296. The number of rotatable bonds is 7. The molecule has 0 bridgehead atoms. The summed E-state index contributed by atoms with van der Waals surface area (Å²) in [4.78, 5) is 18.2. The van der Waals surface area contributed by atoms with Gasteiger partial charge in [0.15, 0.2) is 0 Å². The average Bonchev–Trinajstić information content (AvgIpc) is 2.24. The summed E-state index contributed by atoms with van der Waals surface area (Å²) >= 11 is 0. The maximum absolute atomic E-state index is 9.10. The van der Waals surface area contributed by atoms with Gasteiger partial charge in [0, 0.05) is 13.1 Å². The third kappa shape index (κ3) is 18.6. The fraction of sp³-hybridized carbons (Fsp3) is 0.800. The number of carboxylic acids is 2. The molecular formula is C10H22N2O4. The van der Waals surface area contributed by atoms with Gasteiger partial charge in [-0.25, -0.2) is 9.59 Å². The van der Waals surface area contributed by atoms with Gasteiger partial charge in [0.2, 0.25) is 0 Å². The molecule has 0 aliphatic carbocycles. The van der Waals surface area contributed by atoms with Crippen LogP contribution in [0.1, 0.15) is 39.5 Å². The first kappa shape index (κ1) is 17.3. The van der Waals surface area contributed by atoms with Gasteiger partial charge in [-0.05, 0) is 12.8 Å². The van der Waals surface area contributed by atoms with E-state index < -0.39 is 11.9 Å². The van der Waals surface area contributed by atoms with Crippen LogP contribution < -0.4 is 10.9 Å². The zero-order valence-corrected chi connectivity index (χ0v) is 9.95. The minimum atomic E-state index is -1.82. The van der Waals surface area contributed by atoms with Crippen LogP contribution in [-0.4, -0.2) is 35.2 Å². The molecule has 0 aromatic heterocycles. The Labute approximate surface area is 96.0 Å². The lowest BCUT2D eigenvalue weighted by atomic mass is 10.3. The standard InChI is InChI=1S/C8H20N2.C2H2O4/c1-3-5-7-9-10-8-6-4-2;3-1(4)2(5)6/h9-10H,3-8H2,1-2H3;(H,3,4)(H,5,6). The molecule has 0 saturated heterocycles. The zero-order chi connectivity index (χ0) is 12.8. The van der Waals surface area contributed by atoms with Crippen LogP contribution in [0, 0.1) is 0 Å². The van der Waals surface area contributed by atoms with E-state index in [1.54, 1.807) is 0 Å². The molecule has 4 N–H and O–H groups in total. The number of hydrogen-bond donors (Lipinski definition) is 4. The van der Waals surface area contributed by atoms with Crippen LogP contribution in [0.2, 0.25) is 0 Å². The van der Waals surface area contributed by atoms with Crippen LogP contribution in [0.25, 0.3) is 0 Å². The van der Waals surface area contributed by atoms with Crippen molar-refractivity contribution >= 4 is 11.9 Å². The molecule has 16 heavy (non-hydrogen) atoms. The van der Waals surface area contributed by atoms with Crippen molar-refractivity contribution in [3.8, 4) is 0 Å². The number of hydrogen-bond acceptors (Lipinski definition) is 4. The second-order valence-electron chi connectivity index (χ2n) is 3.17. The number of hydrazine groups is 1. The highest BCUT2D eigenvalue weighted by atomic mass is 16.4. The molecule has 0 radical (unpaired) electrons. The smallest absolute Gasteiger partial charge is 0.414 e. The Morgan fingerprint density at radius 3 is 1.38 bits per heavy atom.